The molecule has 1 aromatic carbocycles. The van der Waals surface area contributed by atoms with Crippen LogP contribution in [0.3, 0.4) is 0 Å². The summed E-state index contributed by atoms with van der Waals surface area (Å²) in [6.45, 7) is 6.70. The van der Waals surface area contributed by atoms with E-state index < -0.39 is 0 Å². The molecule has 0 radical (unpaired) electrons. The van der Waals surface area contributed by atoms with E-state index in [9.17, 15) is 9.59 Å². The number of benzene rings is 1. The molecular weight excluding hydrogens is 448 g/mol. The normalized spacial score (nSPS) is 27.9. The minimum absolute atomic E-state index is 0.174. The third-order valence-electron chi connectivity index (χ3n) is 9.06. The summed E-state index contributed by atoms with van der Waals surface area (Å²) in [4.78, 5) is 38.3. The number of amides is 2. The summed E-state index contributed by atoms with van der Waals surface area (Å²) < 4.78 is 0. The number of likely N-dealkylation sites (tertiary alicyclic amines) is 1. The first-order chi connectivity index (χ1) is 17.5. The number of aryl methyl sites for hydroxylation is 2. The smallest absolute Gasteiger partial charge is 0.256 e. The molecule has 2 bridgehead atoms. The van der Waals surface area contributed by atoms with Gasteiger partial charge in [0.05, 0.1) is 11.3 Å². The molecule has 0 unspecified atom stereocenters. The Balaban J connectivity index is 1.13. The Kier molecular flexibility index (Phi) is 6.32. The number of fused-ring (bicyclic) bond motifs is 2. The van der Waals surface area contributed by atoms with Crippen LogP contribution >= 0.6 is 0 Å². The number of carbonyl (C=O) groups is 2. The second kappa shape index (κ2) is 9.62. The van der Waals surface area contributed by atoms with Crippen molar-refractivity contribution in [3.8, 4) is 0 Å². The summed E-state index contributed by atoms with van der Waals surface area (Å²) in [5, 5.41) is 0. The second-order valence-electron chi connectivity index (χ2n) is 11.5. The Hall–Kier alpha value is -2.73. The standard InChI is InChI=1S/C30H38N4O2/c1-20-12-14-31-21(2)28(20)30(36)34-24-10-11-25(34)17-27(16-24)32-15-13-26(19-32)33(29(35)23-8-9-23)18-22-6-4-3-5-7-22/h3-7,12,14,23-27H,8-11,13,15-19H2,1-2H3/t24-,25+,26-,27-/m1/s1. The Bertz CT molecular complexity index is 1100. The average Bonchev–Trinajstić information content (AvgIpc) is 3.55. The predicted octanol–water partition coefficient (Wildman–Crippen LogP) is 4.35. The van der Waals surface area contributed by atoms with Crippen molar-refractivity contribution in [2.24, 2.45) is 5.92 Å². The van der Waals surface area contributed by atoms with E-state index in [2.05, 4.69) is 43.9 Å². The molecule has 4 fully saturated rings. The predicted molar refractivity (Wildman–Crippen MR) is 139 cm³/mol. The Morgan fingerprint density at radius 3 is 2.33 bits per heavy atom. The second-order valence-corrected chi connectivity index (χ2v) is 11.5. The first kappa shape index (κ1) is 23.7. The number of hydrogen-bond acceptors (Lipinski definition) is 4. The fourth-order valence-corrected chi connectivity index (χ4v) is 7.01. The van der Waals surface area contributed by atoms with Crippen molar-refractivity contribution in [2.75, 3.05) is 13.1 Å². The van der Waals surface area contributed by atoms with Crippen LogP contribution < -0.4 is 0 Å². The highest BCUT2D eigenvalue weighted by atomic mass is 16.2. The van der Waals surface area contributed by atoms with Crippen LogP contribution in [0.15, 0.2) is 42.6 Å². The van der Waals surface area contributed by atoms with Gasteiger partial charge in [0.1, 0.15) is 0 Å². The van der Waals surface area contributed by atoms with Crippen molar-refractivity contribution in [1.82, 2.24) is 19.7 Å². The number of hydrogen-bond donors (Lipinski definition) is 0. The molecule has 0 N–H and O–H groups in total. The topological polar surface area (TPSA) is 56.8 Å². The fourth-order valence-electron chi connectivity index (χ4n) is 7.01. The molecule has 0 spiro atoms. The minimum atomic E-state index is 0.174. The number of pyridine rings is 1. The van der Waals surface area contributed by atoms with Gasteiger partial charge < -0.3 is 9.80 Å². The lowest BCUT2D eigenvalue weighted by molar-refractivity contribution is -0.135. The van der Waals surface area contributed by atoms with Gasteiger partial charge in [0.25, 0.3) is 5.91 Å². The molecule has 2 aromatic rings. The molecule has 36 heavy (non-hydrogen) atoms. The molecule has 4 aliphatic rings. The van der Waals surface area contributed by atoms with E-state index >= 15 is 0 Å². The molecule has 2 amide bonds. The number of nitrogens with zero attached hydrogens (tertiary/aromatic N) is 4. The van der Waals surface area contributed by atoms with Gasteiger partial charge in [-0.3, -0.25) is 19.5 Å². The van der Waals surface area contributed by atoms with Gasteiger partial charge in [-0.15, -0.1) is 0 Å². The molecular formula is C30H38N4O2. The highest BCUT2D eigenvalue weighted by molar-refractivity contribution is 5.97. The lowest BCUT2D eigenvalue weighted by Gasteiger charge is -2.42. The van der Waals surface area contributed by atoms with E-state index in [1.54, 1.807) is 6.20 Å². The van der Waals surface area contributed by atoms with Crippen molar-refractivity contribution in [3.63, 3.8) is 0 Å². The van der Waals surface area contributed by atoms with Crippen LogP contribution in [-0.2, 0) is 11.3 Å². The summed E-state index contributed by atoms with van der Waals surface area (Å²) in [5.41, 5.74) is 3.87. The highest BCUT2D eigenvalue weighted by Crippen LogP contribution is 2.40. The summed E-state index contributed by atoms with van der Waals surface area (Å²) in [6, 6.07) is 13.8. The van der Waals surface area contributed by atoms with Gasteiger partial charge >= 0.3 is 0 Å². The van der Waals surface area contributed by atoms with Crippen LogP contribution in [0, 0.1) is 19.8 Å². The van der Waals surface area contributed by atoms with Gasteiger partial charge in [-0.1, -0.05) is 30.3 Å². The lowest BCUT2D eigenvalue weighted by Crippen LogP contribution is -2.53. The molecule has 4 atom stereocenters. The number of rotatable bonds is 6. The molecule has 3 aliphatic heterocycles. The minimum Gasteiger partial charge on any atom is -0.334 e. The van der Waals surface area contributed by atoms with Crippen molar-refractivity contribution in [3.05, 3.63) is 65.0 Å². The Labute approximate surface area is 214 Å². The molecule has 4 heterocycles. The molecule has 6 heteroatoms. The van der Waals surface area contributed by atoms with E-state index in [-0.39, 0.29) is 17.9 Å². The summed E-state index contributed by atoms with van der Waals surface area (Å²) in [6.07, 6.45) is 9.23. The maximum atomic E-state index is 13.6. The summed E-state index contributed by atoms with van der Waals surface area (Å²) in [5.74, 6) is 0.771. The first-order valence-corrected chi connectivity index (χ1v) is 13.8. The van der Waals surface area contributed by atoms with Crippen LogP contribution in [0.1, 0.15) is 72.1 Å². The highest BCUT2D eigenvalue weighted by Gasteiger charge is 2.47. The third kappa shape index (κ3) is 4.45. The van der Waals surface area contributed by atoms with Gasteiger partial charge in [-0.25, -0.2) is 0 Å². The monoisotopic (exact) mass is 486 g/mol. The van der Waals surface area contributed by atoms with E-state index in [0.717, 1.165) is 81.4 Å². The molecule has 3 saturated heterocycles. The van der Waals surface area contributed by atoms with Crippen molar-refractivity contribution >= 4 is 11.8 Å². The lowest BCUT2D eigenvalue weighted by atomic mass is 9.94. The quantitative estimate of drug-likeness (QED) is 0.609. The van der Waals surface area contributed by atoms with Crippen LogP contribution in [-0.4, -0.2) is 68.8 Å². The maximum Gasteiger partial charge on any atom is 0.256 e. The largest absolute Gasteiger partial charge is 0.334 e. The average molecular weight is 487 g/mol. The van der Waals surface area contributed by atoms with Crippen molar-refractivity contribution in [2.45, 2.75) is 89.5 Å². The molecule has 6 nitrogen and oxygen atoms in total. The Morgan fingerprint density at radius 2 is 1.67 bits per heavy atom. The molecule has 190 valence electrons. The zero-order chi connectivity index (χ0) is 24.8. The molecule has 1 aliphatic carbocycles. The van der Waals surface area contributed by atoms with E-state index in [0.29, 0.717) is 24.0 Å². The van der Waals surface area contributed by atoms with E-state index in [4.69, 9.17) is 0 Å². The fraction of sp³-hybridized carbons (Fsp3) is 0.567. The van der Waals surface area contributed by atoms with Crippen LogP contribution in [0.2, 0.25) is 0 Å². The summed E-state index contributed by atoms with van der Waals surface area (Å²) in [7, 11) is 0. The van der Waals surface area contributed by atoms with Gasteiger partial charge in [-0.2, -0.15) is 0 Å². The Morgan fingerprint density at radius 1 is 0.944 bits per heavy atom. The van der Waals surface area contributed by atoms with Crippen LogP contribution in [0.25, 0.3) is 0 Å². The SMILES string of the molecule is Cc1ccnc(C)c1C(=O)N1[C@@H]2CC[C@H]1C[C@H](N1CC[C@@H](N(Cc3ccccc3)C(=O)C3CC3)C1)C2. The van der Waals surface area contributed by atoms with Gasteiger partial charge in [0.2, 0.25) is 5.91 Å². The number of carbonyl (C=O) groups excluding carboxylic acids is 2. The van der Waals surface area contributed by atoms with E-state index in [1.807, 2.05) is 26.0 Å². The molecule has 1 aromatic heterocycles. The van der Waals surface area contributed by atoms with Gasteiger partial charge in [0.15, 0.2) is 0 Å². The van der Waals surface area contributed by atoms with Gasteiger partial charge in [0, 0.05) is 55.9 Å². The van der Waals surface area contributed by atoms with Crippen LogP contribution in [0.5, 0.6) is 0 Å². The zero-order valence-corrected chi connectivity index (χ0v) is 21.6. The molecule has 6 rings (SSSR count). The first-order valence-electron chi connectivity index (χ1n) is 13.8. The molecule has 1 saturated carbocycles. The third-order valence-corrected chi connectivity index (χ3v) is 9.06. The van der Waals surface area contributed by atoms with Gasteiger partial charge in [-0.05, 0) is 76.0 Å². The summed E-state index contributed by atoms with van der Waals surface area (Å²) >= 11 is 0. The number of piperidine rings is 1. The maximum absolute atomic E-state index is 13.6. The van der Waals surface area contributed by atoms with E-state index in [1.165, 1.54) is 5.56 Å². The zero-order valence-electron chi connectivity index (χ0n) is 21.6. The van der Waals surface area contributed by atoms with Crippen molar-refractivity contribution < 1.29 is 9.59 Å². The van der Waals surface area contributed by atoms with Crippen LogP contribution in [0.4, 0.5) is 0 Å². The van der Waals surface area contributed by atoms with Crippen molar-refractivity contribution in [1.29, 1.82) is 0 Å². The number of aromatic nitrogens is 1.